The van der Waals surface area contributed by atoms with E-state index < -0.39 is 10.1 Å². The molecule has 21 heavy (non-hydrogen) atoms. The molecule has 0 fully saturated rings. The highest BCUT2D eigenvalue weighted by atomic mass is 32.2. The van der Waals surface area contributed by atoms with Crippen LogP contribution in [0.2, 0.25) is 0 Å². The summed E-state index contributed by atoms with van der Waals surface area (Å²) in [7, 11) is -1.95. The van der Waals surface area contributed by atoms with E-state index in [-0.39, 0.29) is 10.6 Å². The van der Waals surface area contributed by atoms with Gasteiger partial charge in [0, 0.05) is 13.1 Å². The second-order valence-electron chi connectivity index (χ2n) is 4.86. The number of imidazole rings is 1. The van der Waals surface area contributed by atoms with Gasteiger partial charge in [0.05, 0.1) is 17.4 Å². The molecule has 0 bridgehead atoms. The maximum absolute atomic E-state index is 12.2. The zero-order valence-corrected chi connectivity index (χ0v) is 12.5. The van der Waals surface area contributed by atoms with E-state index in [9.17, 15) is 8.42 Å². The van der Waals surface area contributed by atoms with Crippen molar-refractivity contribution in [3.05, 3.63) is 54.4 Å². The lowest BCUT2D eigenvalue weighted by molar-refractivity contribution is 0.486. The predicted molar refractivity (Wildman–Crippen MR) is 79.7 cm³/mol. The molecule has 0 aliphatic carbocycles. The number of hydrogen-bond acceptors (Lipinski definition) is 4. The van der Waals surface area contributed by atoms with Crippen LogP contribution in [-0.2, 0) is 17.2 Å². The molecule has 0 atom stereocenters. The normalized spacial score (nSPS) is 11.7. The molecule has 108 valence electrons. The van der Waals surface area contributed by atoms with Crippen molar-refractivity contribution in [2.24, 2.45) is 7.05 Å². The van der Waals surface area contributed by atoms with Crippen molar-refractivity contribution < 1.29 is 12.6 Å². The summed E-state index contributed by atoms with van der Waals surface area (Å²) in [6, 6.07) is 11.5. The Bertz CT molecular complexity index is 896. The Kier molecular flexibility index (Phi) is 3.17. The van der Waals surface area contributed by atoms with Gasteiger partial charge in [0.2, 0.25) is 0 Å². The molecule has 2 aromatic carbocycles. The Morgan fingerprint density at radius 2 is 1.81 bits per heavy atom. The second-order valence-corrected chi connectivity index (χ2v) is 6.40. The summed E-state index contributed by atoms with van der Waals surface area (Å²) >= 11 is 0. The van der Waals surface area contributed by atoms with Crippen molar-refractivity contribution in [2.45, 2.75) is 11.8 Å². The van der Waals surface area contributed by atoms with Crippen molar-refractivity contribution >= 4 is 21.2 Å². The zero-order chi connectivity index (χ0) is 15.0. The quantitative estimate of drug-likeness (QED) is 0.698. The summed E-state index contributed by atoms with van der Waals surface area (Å²) in [5.41, 5.74) is 2.59. The van der Waals surface area contributed by atoms with Crippen LogP contribution in [0.5, 0.6) is 5.75 Å². The molecular formula is C15H14N2O3S. The molecule has 0 saturated carbocycles. The lowest BCUT2D eigenvalue weighted by atomic mass is 10.2. The molecular weight excluding hydrogens is 288 g/mol. The van der Waals surface area contributed by atoms with Crippen LogP contribution in [-0.4, -0.2) is 18.0 Å². The summed E-state index contributed by atoms with van der Waals surface area (Å²) in [6.07, 6.45) is 1.67. The number of aryl methyl sites for hydroxylation is 2. The molecule has 6 heteroatoms. The summed E-state index contributed by atoms with van der Waals surface area (Å²) in [6.45, 7) is 1.90. The Hall–Kier alpha value is -2.34. The van der Waals surface area contributed by atoms with Crippen LogP contribution in [0.3, 0.4) is 0 Å². The lowest BCUT2D eigenvalue weighted by Gasteiger charge is -2.07. The molecule has 0 aliphatic rings. The third-order valence-electron chi connectivity index (χ3n) is 3.21. The monoisotopic (exact) mass is 302 g/mol. The van der Waals surface area contributed by atoms with E-state index in [1.54, 1.807) is 36.7 Å². The van der Waals surface area contributed by atoms with Crippen molar-refractivity contribution in [3.63, 3.8) is 0 Å². The summed E-state index contributed by atoms with van der Waals surface area (Å²) in [5.74, 6) is 0.252. The molecule has 0 aliphatic heterocycles. The van der Waals surface area contributed by atoms with E-state index in [0.29, 0.717) is 5.52 Å². The second kappa shape index (κ2) is 4.89. The van der Waals surface area contributed by atoms with Gasteiger partial charge < -0.3 is 8.75 Å². The fourth-order valence-corrected chi connectivity index (χ4v) is 2.97. The lowest BCUT2D eigenvalue weighted by Crippen LogP contribution is -2.09. The highest BCUT2D eigenvalue weighted by molar-refractivity contribution is 7.87. The zero-order valence-electron chi connectivity index (χ0n) is 11.6. The molecule has 3 rings (SSSR count). The summed E-state index contributed by atoms with van der Waals surface area (Å²) in [4.78, 5) is 4.31. The van der Waals surface area contributed by atoms with Gasteiger partial charge in [0.1, 0.15) is 10.6 Å². The van der Waals surface area contributed by atoms with Gasteiger partial charge in [-0.3, -0.25) is 0 Å². The molecule has 5 nitrogen and oxygen atoms in total. The fraction of sp³-hybridized carbons (Fsp3) is 0.133. The first-order chi connectivity index (χ1) is 9.95. The molecule has 0 unspecified atom stereocenters. The standard InChI is InChI=1S/C15H14N2O3S/c1-11-3-6-13(7-4-11)21(18,19)20-12-5-8-15-14(9-12)16-10-17(15)2/h3-10H,1-2H3. The van der Waals surface area contributed by atoms with E-state index in [1.165, 1.54) is 12.1 Å². The highest BCUT2D eigenvalue weighted by Gasteiger charge is 2.16. The third-order valence-corrected chi connectivity index (χ3v) is 4.47. The molecule has 0 radical (unpaired) electrons. The van der Waals surface area contributed by atoms with Gasteiger partial charge in [-0.05, 0) is 31.2 Å². The summed E-state index contributed by atoms with van der Waals surface area (Å²) < 4.78 is 31.4. The van der Waals surface area contributed by atoms with Crippen LogP contribution in [0, 0.1) is 6.92 Å². The Morgan fingerprint density at radius 1 is 1.10 bits per heavy atom. The Morgan fingerprint density at radius 3 is 2.52 bits per heavy atom. The number of rotatable bonds is 3. The van der Waals surface area contributed by atoms with E-state index in [1.807, 2.05) is 18.5 Å². The van der Waals surface area contributed by atoms with Crippen LogP contribution in [0.4, 0.5) is 0 Å². The maximum Gasteiger partial charge on any atom is 0.339 e. The smallest absolute Gasteiger partial charge is 0.339 e. The molecule has 1 aromatic heterocycles. The van der Waals surface area contributed by atoms with E-state index in [2.05, 4.69) is 4.98 Å². The minimum Gasteiger partial charge on any atom is -0.379 e. The maximum atomic E-state index is 12.2. The van der Waals surface area contributed by atoms with Crippen LogP contribution in [0.25, 0.3) is 11.0 Å². The first-order valence-corrected chi connectivity index (χ1v) is 7.79. The first kappa shape index (κ1) is 13.6. The SMILES string of the molecule is Cc1ccc(S(=O)(=O)Oc2ccc3c(c2)ncn3C)cc1. The van der Waals surface area contributed by atoms with Gasteiger partial charge in [0.15, 0.2) is 0 Å². The van der Waals surface area contributed by atoms with Crippen LogP contribution < -0.4 is 4.18 Å². The minimum absolute atomic E-state index is 0.134. The number of aromatic nitrogens is 2. The van der Waals surface area contributed by atoms with Gasteiger partial charge in [-0.15, -0.1) is 0 Å². The topological polar surface area (TPSA) is 61.2 Å². The van der Waals surface area contributed by atoms with Crippen molar-refractivity contribution in [2.75, 3.05) is 0 Å². The molecule has 0 amide bonds. The van der Waals surface area contributed by atoms with Gasteiger partial charge >= 0.3 is 10.1 Å². The first-order valence-electron chi connectivity index (χ1n) is 6.38. The molecule has 0 N–H and O–H groups in total. The summed E-state index contributed by atoms with van der Waals surface area (Å²) in [5, 5.41) is 0. The van der Waals surface area contributed by atoms with E-state index in [0.717, 1.165) is 11.1 Å². The highest BCUT2D eigenvalue weighted by Crippen LogP contribution is 2.23. The fourth-order valence-electron chi connectivity index (χ4n) is 2.05. The number of nitrogens with zero attached hydrogens (tertiary/aromatic N) is 2. The predicted octanol–water partition coefficient (Wildman–Crippen LogP) is 2.65. The molecule has 0 saturated heterocycles. The molecule has 0 spiro atoms. The van der Waals surface area contributed by atoms with E-state index in [4.69, 9.17) is 4.18 Å². The number of fused-ring (bicyclic) bond motifs is 1. The van der Waals surface area contributed by atoms with E-state index >= 15 is 0 Å². The van der Waals surface area contributed by atoms with Gasteiger partial charge in [-0.1, -0.05) is 17.7 Å². The Balaban J connectivity index is 1.95. The Labute approximate surface area is 122 Å². The number of hydrogen-bond donors (Lipinski definition) is 0. The third kappa shape index (κ3) is 2.62. The van der Waals surface area contributed by atoms with Crippen molar-refractivity contribution in [1.82, 2.24) is 9.55 Å². The molecule has 1 heterocycles. The largest absolute Gasteiger partial charge is 0.379 e. The van der Waals surface area contributed by atoms with Crippen LogP contribution in [0.15, 0.2) is 53.7 Å². The van der Waals surface area contributed by atoms with Gasteiger partial charge in [0.25, 0.3) is 0 Å². The average molecular weight is 302 g/mol. The van der Waals surface area contributed by atoms with Gasteiger partial charge in [-0.25, -0.2) is 4.98 Å². The van der Waals surface area contributed by atoms with Crippen LogP contribution >= 0.6 is 0 Å². The number of benzene rings is 2. The van der Waals surface area contributed by atoms with Crippen molar-refractivity contribution in [3.8, 4) is 5.75 Å². The van der Waals surface area contributed by atoms with Crippen molar-refractivity contribution in [1.29, 1.82) is 0 Å². The van der Waals surface area contributed by atoms with Crippen LogP contribution in [0.1, 0.15) is 5.56 Å². The minimum atomic E-state index is -3.83. The van der Waals surface area contributed by atoms with Gasteiger partial charge in [-0.2, -0.15) is 8.42 Å². The average Bonchev–Trinajstić information content (AvgIpc) is 2.80. The molecule has 3 aromatic rings.